The van der Waals surface area contributed by atoms with Crippen LogP contribution in [-0.4, -0.2) is 28.2 Å². The number of aromatic nitrogens is 2. The predicted molar refractivity (Wildman–Crippen MR) is 61.4 cm³/mol. The van der Waals surface area contributed by atoms with E-state index in [1.165, 1.54) is 18.7 Å². The topological polar surface area (TPSA) is 31.9 Å². The van der Waals surface area contributed by atoms with Crippen molar-refractivity contribution in [2.24, 2.45) is 5.92 Å². The van der Waals surface area contributed by atoms with E-state index in [1.54, 1.807) is 5.57 Å². The monoisotopic (exact) mass is 205 g/mol. The Bertz CT molecular complexity index is 325. The molecule has 0 saturated carbocycles. The molecule has 82 valence electrons. The van der Waals surface area contributed by atoms with E-state index in [0.717, 1.165) is 13.1 Å². The van der Waals surface area contributed by atoms with Crippen LogP contribution in [-0.2, 0) is 6.54 Å². The molecule has 1 aliphatic heterocycles. The Hall–Kier alpha value is -1.09. The second-order valence-electron chi connectivity index (χ2n) is 4.50. The highest BCUT2D eigenvalue weighted by atomic mass is 15.2. The lowest BCUT2D eigenvalue weighted by Gasteiger charge is -2.27. The van der Waals surface area contributed by atoms with Gasteiger partial charge in [-0.2, -0.15) is 5.10 Å². The Kier molecular flexibility index (Phi) is 3.21. The minimum Gasteiger partial charge on any atom is -0.294 e. The number of nitrogens with one attached hydrogen (secondary N) is 1. The number of rotatable bonds is 3. The van der Waals surface area contributed by atoms with Crippen molar-refractivity contribution in [1.29, 1.82) is 0 Å². The molecule has 0 unspecified atom stereocenters. The summed E-state index contributed by atoms with van der Waals surface area (Å²) in [6.07, 6.45) is 5.41. The number of aromatic amines is 1. The average Bonchev–Trinajstić information content (AvgIpc) is 2.71. The van der Waals surface area contributed by atoms with Gasteiger partial charge in [0.2, 0.25) is 0 Å². The van der Waals surface area contributed by atoms with Crippen LogP contribution in [0.1, 0.15) is 26.0 Å². The lowest BCUT2D eigenvalue weighted by molar-refractivity contribution is 0.277. The van der Waals surface area contributed by atoms with Gasteiger partial charge < -0.3 is 0 Å². The summed E-state index contributed by atoms with van der Waals surface area (Å²) in [4.78, 5) is 2.44. The maximum Gasteiger partial charge on any atom is 0.0492 e. The third kappa shape index (κ3) is 2.69. The van der Waals surface area contributed by atoms with Crippen LogP contribution in [0, 0.1) is 5.92 Å². The van der Waals surface area contributed by atoms with Crippen molar-refractivity contribution in [3.05, 3.63) is 29.6 Å². The number of hydrogen-bond acceptors (Lipinski definition) is 2. The van der Waals surface area contributed by atoms with Gasteiger partial charge in [0.25, 0.3) is 0 Å². The van der Waals surface area contributed by atoms with E-state index in [9.17, 15) is 0 Å². The first kappa shape index (κ1) is 10.4. The fourth-order valence-electron chi connectivity index (χ4n) is 2.01. The highest BCUT2D eigenvalue weighted by Gasteiger charge is 2.13. The quantitative estimate of drug-likeness (QED) is 0.767. The second kappa shape index (κ2) is 4.62. The summed E-state index contributed by atoms with van der Waals surface area (Å²) in [5, 5.41) is 6.97. The lowest BCUT2D eigenvalue weighted by atomic mass is 9.97. The Balaban J connectivity index is 1.88. The van der Waals surface area contributed by atoms with Crippen molar-refractivity contribution in [2.45, 2.75) is 26.8 Å². The van der Waals surface area contributed by atoms with Gasteiger partial charge in [-0.25, -0.2) is 0 Å². The molecule has 2 heterocycles. The van der Waals surface area contributed by atoms with Crippen molar-refractivity contribution < 1.29 is 0 Å². The van der Waals surface area contributed by atoms with Gasteiger partial charge in [-0.3, -0.25) is 10.00 Å². The first-order valence-electron chi connectivity index (χ1n) is 5.65. The van der Waals surface area contributed by atoms with Crippen LogP contribution in [0.15, 0.2) is 23.9 Å². The van der Waals surface area contributed by atoms with Crippen molar-refractivity contribution in [2.75, 3.05) is 13.1 Å². The molecule has 0 amide bonds. The molecule has 0 aromatic carbocycles. The maximum absolute atomic E-state index is 3.96. The summed E-state index contributed by atoms with van der Waals surface area (Å²) in [7, 11) is 0. The zero-order chi connectivity index (χ0) is 10.7. The molecule has 0 saturated heterocycles. The molecule has 0 aliphatic carbocycles. The molecule has 0 radical (unpaired) electrons. The Morgan fingerprint density at radius 1 is 1.53 bits per heavy atom. The first-order valence-corrected chi connectivity index (χ1v) is 5.65. The first-order chi connectivity index (χ1) is 7.25. The molecule has 0 fully saturated rings. The van der Waals surface area contributed by atoms with Crippen LogP contribution >= 0.6 is 0 Å². The fourth-order valence-corrected chi connectivity index (χ4v) is 2.01. The molecule has 1 aromatic rings. The van der Waals surface area contributed by atoms with Gasteiger partial charge in [-0.1, -0.05) is 25.5 Å². The summed E-state index contributed by atoms with van der Waals surface area (Å²) in [6.45, 7) is 7.78. The molecule has 3 nitrogen and oxygen atoms in total. The standard InChI is InChI=1S/C12H19N3/c1-10(2)11-4-7-15(8-5-11)9-12-3-6-13-14-12/h3-4,6,10H,5,7-9H2,1-2H3,(H,13,14). The van der Waals surface area contributed by atoms with Crippen molar-refractivity contribution in [3.8, 4) is 0 Å². The third-order valence-corrected chi connectivity index (χ3v) is 3.02. The number of H-pyrrole nitrogens is 1. The minimum atomic E-state index is 0.708. The molecule has 1 aromatic heterocycles. The molecule has 2 rings (SSSR count). The Labute approximate surface area is 91.2 Å². The maximum atomic E-state index is 3.96. The Morgan fingerprint density at radius 3 is 2.93 bits per heavy atom. The largest absolute Gasteiger partial charge is 0.294 e. The van der Waals surface area contributed by atoms with Crippen molar-refractivity contribution in [1.82, 2.24) is 15.1 Å². The average molecular weight is 205 g/mol. The molecule has 0 spiro atoms. The van der Waals surface area contributed by atoms with Gasteiger partial charge >= 0.3 is 0 Å². The normalized spacial score (nSPS) is 18.2. The number of nitrogens with zero attached hydrogens (tertiary/aromatic N) is 2. The van der Waals surface area contributed by atoms with E-state index in [4.69, 9.17) is 0 Å². The van der Waals surface area contributed by atoms with E-state index in [1.807, 2.05) is 12.3 Å². The van der Waals surface area contributed by atoms with Gasteiger partial charge in [-0.05, 0) is 18.4 Å². The zero-order valence-electron chi connectivity index (χ0n) is 9.53. The molecule has 1 N–H and O–H groups in total. The van der Waals surface area contributed by atoms with E-state index in [2.05, 4.69) is 35.0 Å². The molecular formula is C12H19N3. The molecule has 3 heteroatoms. The van der Waals surface area contributed by atoms with Gasteiger partial charge in [0.15, 0.2) is 0 Å². The SMILES string of the molecule is CC(C)C1=CCN(Cc2ccn[nH]2)CC1. The summed E-state index contributed by atoms with van der Waals surface area (Å²) >= 11 is 0. The van der Waals surface area contributed by atoms with Crippen LogP contribution < -0.4 is 0 Å². The zero-order valence-corrected chi connectivity index (χ0v) is 9.53. The summed E-state index contributed by atoms with van der Waals surface area (Å²) in [6, 6.07) is 2.04. The van der Waals surface area contributed by atoms with Crippen LogP contribution in [0.4, 0.5) is 0 Å². The number of hydrogen-bond donors (Lipinski definition) is 1. The van der Waals surface area contributed by atoms with Gasteiger partial charge in [0, 0.05) is 31.5 Å². The molecule has 0 atom stereocenters. The van der Waals surface area contributed by atoms with E-state index >= 15 is 0 Å². The minimum absolute atomic E-state index is 0.708. The van der Waals surface area contributed by atoms with E-state index in [0.29, 0.717) is 5.92 Å². The van der Waals surface area contributed by atoms with Crippen LogP contribution in [0.25, 0.3) is 0 Å². The fraction of sp³-hybridized carbons (Fsp3) is 0.583. The molecular weight excluding hydrogens is 186 g/mol. The van der Waals surface area contributed by atoms with Crippen LogP contribution in [0.5, 0.6) is 0 Å². The third-order valence-electron chi connectivity index (χ3n) is 3.02. The molecule has 15 heavy (non-hydrogen) atoms. The van der Waals surface area contributed by atoms with E-state index in [-0.39, 0.29) is 0 Å². The summed E-state index contributed by atoms with van der Waals surface area (Å²) in [5.74, 6) is 0.708. The van der Waals surface area contributed by atoms with Gasteiger partial charge in [0.05, 0.1) is 0 Å². The summed E-state index contributed by atoms with van der Waals surface area (Å²) in [5.41, 5.74) is 2.81. The summed E-state index contributed by atoms with van der Waals surface area (Å²) < 4.78 is 0. The van der Waals surface area contributed by atoms with Crippen LogP contribution in [0.3, 0.4) is 0 Å². The van der Waals surface area contributed by atoms with E-state index < -0.39 is 0 Å². The second-order valence-corrected chi connectivity index (χ2v) is 4.50. The van der Waals surface area contributed by atoms with Crippen molar-refractivity contribution in [3.63, 3.8) is 0 Å². The van der Waals surface area contributed by atoms with Crippen molar-refractivity contribution >= 4 is 0 Å². The predicted octanol–water partition coefficient (Wildman–Crippen LogP) is 2.20. The molecule has 0 bridgehead atoms. The van der Waals surface area contributed by atoms with Gasteiger partial charge in [0.1, 0.15) is 0 Å². The Morgan fingerprint density at radius 2 is 2.40 bits per heavy atom. The lowest BCUT2D eigenvalue weighted by Crippen LogP contribution is -2.29. The molecule has 1 aliphatic rings. The smallest absolute Gasteiger partial charge is 0.0492 e. The van der Waals surface area contributed by atoms with Gasteiger partial charge in [-0.15, -0.1) is 0 Å². The highest BCUT2D eigenvalue weighted by Crippen LogP contribution is 2.19. The highest BCUT2D eigenvalue weighted by molar-refractivity contribution is 5.10. The van der Waals surface area contributed by atoms with Crippen LogP contribution in [0.2, 0.25) is 0 Å².